The molecule has 0 fully saturated rings. The van der Waals surface area contributed by atoms with Crippen LogP contribution in [0.5, 0.6) is 5.75 Å². The van der Waals surface area contributed by atoms with Gasteiger partial charge in [0.15, 0.2) is 5.78 Å². The third-order valence-corrected chi connectivity index (χ3v) is 2.88. The third kappa shape index (κ3) is 2.71. The quantitative estimate of drug-likeness (QED) is 0.787. The minimum Gasteiger partial charge on any atom is -0.497 e. The lowest BCUT2D eigenvalue weighted by Gasteiger charge is -2.06. The summed E-state index contributed by atoms with van der Waals surface area (Å²) in [6, 6.07) is 11.9. The Morgan fingerprint density at radius 1 is 1.11 bits per heavy atom. The van der Waals surface area contributed by atoms with Gasteiger partial charge in [0.1, 0.15) is 5.75 Å². The molecule has 0 aliphatic carbocycles. The molecule has 19 heavy (non-hydrogen) atoms. The van der Waals surface area contributed by atoms with Crippen LogP contribution < -0.4 is 4.74 Å². The smallest absolute Gasteiger partial charge is 0.234 e. The Morgan fingerprint density at radius 2 is 1.79 bits per heavy atom. The number of ketones is 1. The molecule has 0 amide bonds. The van der Waals surface area contributed by atoms with Gasteiger partial charge in [-0.2, -0.15) is 0 Å². The van der Waals surface area contributed by atoms with Crippen LogP contribution in [-0.4, -0.2) is 19.2 Å². The molecular weight excluding hydrogens is 240 g/mol. The van der Waals surface area contributed by atoms with E-state index < -0.39 is 0 Å². The van der Waals surface area contributed by atoms with Crippen LogP contribution in [0.25, 0.3) is 0 Å². The molecule has 0 aliphatic heterocycles. The highest BCUT2D eigenvalue weighted by molar-refractivity contribution is 6.12. The van der Waals surface area contributed by atoms with E-state index in [1.165, 1.54) is 0 Å². The van der Waals surface area contributed by atoms with Crippen molar-refractivity contribution in [3.63, 3.8) is 0 Å². The van der Waals surface area contributed by atoms with Gasteiger partial charge in [-0.15, -0.1) is 0 Å². The number of aryl methyl sites for hydroxylation is 1. The van der Waals surface area contributed by atoms with Gasteiger partial charge in [0.2, 0.25) is 6.29 Å². The van der Waals surface area contributed by atoms with Crippen molar-refractivity contribution < 1.29 is 14.3 Å². The van der Waals surface area contributed by atoms with Gasteiger partial charge < -0.3 is 4.74 Å². The van der Waals surface area contributed by atoms with Crippen LogP contribution in [0.2, 0.25) is 0 Å². The zero-order valence-corrected chi connectivity index (χ0v) is 10.8. The normalized spacial score (nSPS) is 10.0. The van der Waals surface area contributed by atoms with E-state index in [4.69, 9.17) is 4.74 Å². The maximum atomic E-state index is 12.4. The Kier molecular flexibility index (Phi) is 3.76. The lowest BCUT2D eigenvalue weighted by Crippen LogP contribution is -2.05. The number of ether oxygens (including phenoxy) is 1. The lowest BCUT2D eigenvalue weighted by atomic mass is 9.97. The van der Waals surface area contributed by atoms with E-state index in [1.807, 2.05) is 6.92 Å². The van der Waals surface area contributed by atoms with Crippen LogP contribution >= 0.6 is 0 Å². The van der Waals surface area contributed by atoms with Crippen molar-refractivity contribution in [2.75, 3.05) is 7.11 Å². The maximum Gasteiger partial charge on any atom is 0.234 e. The monoisotopic (exact) mass is 253 g/mol. The highest BCUT2D eigenvalue weighted by Crippen LogP contribution is 2.18. The minimum atomic E-state index is -0.190. The summed E-state index contributed by atoms with van der Waals surface area (Å²) in [5, 5.41) is 0. The first-order chi connectivity index (χ1) is 9.15. The molecule has 95 valence electrons. The molecule has 2 aromatic rings. The number of rotatable bonds is 4. The standard InChI is InChI=1S/C16H13O3/c1-11-3-4-13(10-17)15(9-11)16(18)12-5-7-14(19-2)8-6-12/h3-9H,1-2H3. The Labute approximate surface area is 111 Å². The highest BCUT2D eigenvalue weighted by atomic mass is 16.5. The summed E-state index contributed by atoms with van der Waals surface area (Å²) in [7, 11) is 1.57. The molecule has 0 saturated heterocycles. The number of carbonyl (C=O) groups is 1. The largest absolute Gasteiger partial charge is 0.497 e. The van der Waals surface area contributed by atoms with Crippen LogP contribution in [0.4, 0.5) is 0 Å². The first kappa shape index (κ1) is 13.0. The molecule has 0 heterocycles. The second-order valence-electron chi connectivity index (χ2n) is 4.21. The Morgan fingerprint density at radius 3 is 2.37 bits per heavy atom. The van der Waals surface area contributed by atoms with E-state index in [0.29, 0.717) is 16.9 Å². The fraction of sp³-hybridized carbons (Fsp3) is 0.125. The van der Waals surface area contributed by atoms with Gasteiger partial charge in [-0.25, -0.2) is 0 Å². The summed E-state index contributed by atoms with van der Waals surface area (Å²) in [6.45, 7) is 1.87. The average Bonchev–Trinajstić information content (AvgIpc) is 2.46. The van der Waals surface area contributed by atoms with Crippen molar-refractivity contribution in [2.24, 2.45) is 0 Å². The van der Waals surface area contributed by atoms with Crippen molar-refractivity contribution in [3.05, 3.63) is 64.7 Å². The molecule has 0 spiro atoms. The van der Waals surface area contributed by atoms with Gasteiger partial charge in [-0.05, 0) is 43.3 Å². The van der Waals surface area contributed by atoms with E-state index in [9.17, 15) is 9.59 Å². The number of methoxy groups -OCH3 is 1. The molecule has 0 atom stereocenters. The Balaban J connectivity index is 2.42. The van der Waals surface area contributed by atoms with Crippen LogP contribution in [0.15, 0.2) is 42.5 Å². The number of benzene rings is 2. The Bertz CT molecular complexity index is 612. The molecule has 3 heteroatoms. The minimum absolute atomic E-state index is 0.190. The molecule has 0 saturated carbocycles. The van der Waals surface area contributed by atoms with Crippen molar-refractivity contribution in [2.45, 2.75) is 6.92 Å². The summed E-state index contributed by atoms with van der Waals surface area (Å²) in [5.74, 6) is 0.493. The predicted octanol–water partition coefficient (Wildman–Crippen LogP) is 2.69. The molecule has 0 N–H and O–H groups in total. The van der Waals surface area contributed by atoms with E-state index >= 15 is 0 Å². The second kappa shape index (κ2) is 5.48. The van der Waals surface area contributed by atoms with E-state index in [-0.39, 0.29) is 11.3 Å². The van der Waals surface area contributed by atoms with Gasteiger partial charge >= 0.3 is 0 Å². The van der Waals surface area contributed by atoms with Gasteiger partial charge in [0.25, 0.3) is 0 Å². The van der Waals surface area contributed by atoms with Gasteiger partial charge in [-0.3, -0.25) is 9.59 Å². The first-order valence-corrected chi connectivity index (χ1v) is 5.83. The highest BCUT2D eigenvalue weighted by Gasteiger charge is 2.14. The van der Waals surface area contributed by atoms with E-state index in [2.05, 4.69) is 0 Å². The topological polar surface area (TPSA) is 43.4 Å². The number of hydrogen-bond donors (Lipinski definition) is 0. The molecular formula is C16H13O3. The maximum absolute atomic E-state index is 12.4. The van der Waals surface area contributed by atoms with Crippen molar-refractivity contribution in [1.29, 1.82) is 0 Å². The molecule has 0 aromatic heterocycles. The molecule has 1 radical (unpaired) electrons. The van der Waals surface area contributed by atoms with Crippen LogP contribution in [0.3, 0.4) is 0 Å². The van der Waals surface area contributed by atoms with E-state index in [1.54, 1.807) is 55.9 Å². The molecule has 2 aromatic carbocycles. The third-order valence-electron chi connectivity index (χ3n) is 2.88. The summed E-state index contributed by atoms with van der Waals surface area (Å²) < 4.78 is 5.04. The number of hydrogen-bond acceptors (Lipinski definition) is 3. The molecule has 2 rings (SSSR count). The summed E-state index contributed by atoms with van der Waals surface area (Å²) in [4.78, 5) is 23.2. The van der Waals surface area contributed by atoms with E-state index in [0.717, 1.165) is 5.56 Å². The molecule has 0 aliphatic rings. The fourth-order valence-corrected chi connectivity index (χ4v) is 1.83. The molecule has 0 bridgehead atoms. The lowest BCUT2D eigenvalue weighted by molar-refractivity contribution is 0.103. The fourth-order valence-electron chi connectivity index (χ4n) is 1.83. The average molecular weight is 253 g/mol. The zero-order valence-electron chi connectivity index (χ0n) is 10.8. The van der Waals surface area contributed by atoms with Gasteiger partial charge in [0, 0.05) is 16.7 Å². The van der Waals surface area contributed by atoms with Crippen LogP contribution in [0, 0.1) is 6.92 Å². The first-order valence-electron chi connectivity index (χ1n) is 5.83. The van der Waals surface area contributed by atoms with Crippen LogP contribution in [-0.2, 0) is 4.79 Å². The van der Waals surface area contributed by atoms with Crippen molar-refractivity contribution in [1.82, 2.24) is 0 Å². The Hall–Kier alpha value is -2.42. The van der Waals surface area contributed by atoms with Crippen molar-refractivity contribution in [3.8, 4) is 5.75 Å². The second-order valence-corrected chi connectivity index (χ2v) is 4.21. The molecule has 3 nitrogen and oxygen atoms in total. The van der Waals surface area contributed by atoms with Gasteiger partial charge in [0.05, 0.1) is 7.11 Å². The summed E-state index contributed by atoms with van der Waals surface area (Å²) in [5.41, 5.74) is 2.10. The summed E-state index contributed by atoms with van der Waals surface area (Å²) >= 11 is 0. The molecule has 0 unspecified atom stereocenters. The van der Waals surface area contributed by atoms with Gasteiger partial charge in [-0.1, -0.05) is 11.6 Å². The van der Waals surface area contributed by atoms with Crippen molar-refractivity contribution >= 4 is 12.1 Å². The zero-order chi connectivity index (χ0) is 13.8. The number of carbonyl (C=O) groups excluding carboxylic acids is 2. The predicted molar refractivity (Wildman–Crippen MR) is 72.4 cm³/mol. The van der Waals surface area contributed by atoms with Crippen LogP contribution in [0.1, 0.15) is 27.0 Å². The SMILES string of the molecule is COc1ccc(C(=O)c2cc(C)ccc2[C]=O)cc1. The summed E-state index contributed by atoms with van der Waals surface area (Å²) in [6.07, 6.45) is 1.80.